The Bertz CT molecular complexity index is 773. The van der Waals surface area contributed by atoms with E-state index in [2.05, 4.69) is 10.6 Å². The number of amides is 2. The van der Waals surface area contributed by atoms with Gasteiger partial charge in [-0.1, -0.05) is 23.8 Å². The topological polar surface area (TPSA) is 61.4 Å². The van der Waals surface area contributed by atoms with Crippen LogP contribution >= 0.6 is 11.3 Å². The number of hydrogen-bond acceptors (Lipinski definition) is 4. The van der Waals surface area contributed by atoms with E-state index < -0.39 is 0 Å². The molecule has 0 saturated carbocycles. The van der Waals surface area contributed by atoms with Gasteiger partial charge in [-0.05, 0) is 50.9 Å². The van der Waals surface area contributed by atoms with Crippen LogP contribution in [0.4, 0.5) is 5.69 Å². The third kappa shape index (κ3) is 4.39. The van der Waals surface area contributed by atoms with Crippen molar-refractivity contribution in [2.75, 3.05) is 18.5 Å². The Balaban J connectivity index is 1.92. The van der Waals surface area contributed by atoms with Crippen LogP contribution in [0, 0.1) is 12.8 Å². The van der Waals surface area contributed by atoms with E-state index in [1.54, 1.807) is 11.3 Å². The van der Waals surface area contributed by atoms with Crippen molar-refractivity contribution in [3.8, 4) is 0 Å². The summed E-state index contributed by atoms with van der Waals surface area (Å²) in [5, 5.41) is 8.19. The highest BCUT2D eigenvalue weighted by molar-refractivity contribution is 7.10. The fourth-order valence-electron chi connectivity index (χ4n) is 3.45. The summed E-state index contributed by atoms with van der Waals surface area (Å²) < 4.78 is 0. The monoisotopic (exact) mass is 385 g/mol. The largest absolute Gasteiger partial charge is 0.354 e. The van der Waals surface area contributed by atoms with E-state index in [0.717, 1.165) is 16.1 Å². The van der Waals surface area contributed by atoms with Crippen molar-refractivity contribution < 1.29 is 9.59 Å². The smallest absolute Gasteiger partial charge is 0.227 e. The number of rotatable bonds is 6. The van der Waals surface area contributed by atoms with Crippen LogP contribution in [-0.4, -0.2) is 31.4 Å². The quantitative estimate of drug-likeness (QED) is 0.802. The molecule has 3 atom stereocenters. The molecule has 0 spiro atoms. The summed E-state index contributed by atoms with van der Waals surface area (Å²) in [6.07, 6.45) is 0.957. The molecule has 1 aromatic carbocycles. The van der Waals surface area contributed by atoms with Crippen molar-refractivity contribution >= 4 is 28.8 Å². The summed E-state index contributed by atoms with van der Waals surface area (Å²) in [7, 11) is 1.88. The average Bonchev–Trinajstić information content (AvgIpc) is 3.20. The van der Waals surface area contributed by atoms with E-state index in [1.165, 1.54) is 0 Å². The molecule has 0 bridgehead atoms. The average molecular weight is 386 g/mol. The second-order valence-electron chi connectivity index (χ2n) is 7.14. The first-order chi connectivity index (χ1) is 13.0. The minimum absolute atomic E-state index is 0.0140. The van der Waals surface area contributed by atoms with Gasteiger partial charge in [0.15, 0.2) is 0 Å². The standard InChI is InChI=1S/C21H27N3O2S/c1-14-6-8-16(9-7-14)24-19(25)11-10-17(20(24)18-5-4-12-27-18)21(26)23-13-15(2)22-3/h4-9,12,15,17,20,22H,10-11,13H2,1-3H3,(H,23,26). The fraction of sp³-hybridized carbons (Fsp3) is 0.429. The molecule has 0 aliphatic carbocycles. The molecule has 3 unspecified atom stereocenters. The summed E-state index contributed by atoms with van der Waals surface area (Å²) >= 11 is 1.60. The van der Waals surface area contributed by atoms with Crippen LogP contribution in [-0.2, 0) is 9.59 Å². The molecule has 1 saturated heterocycles. The number of likely N-dealkylation sites (N-methyl/N-ethyl adjacent to an activating group) is 1. The first kappa shape index (κ1) is 19.6. The van der Waals surface area contributed by atoms with Crippen LogP contribution in [0.2, 0.25) is 0 Å². The van der Waals surface area contributed by atoms with Crippen LogP contribution in [0.5, 0.6) is 0 Å². The van der Waals surface area contributed by atoms with Gasteiger partial charge < -0.3 is 15.5 Å². The molecule has 2 amide bonds. The Hall–Kier alpha value is -2.18. The predicted molar refractivity (Wildman–Crippen MR) is 110 cm³/mol. The van der Waals surface area contributed by atoms with Crippen molar-refractivity contribution in [3.05, 3.63) is 52.2 Å². The molecule has 2 heterocycles. The second-order valence-corrected chi connectivity index (χ2v) is 8.12. The first-order valence-electron chi connectivity index (χ1n) is 9.38. The molecule has 0 radical (unpaired) electrons. The summed E-state index contributed by atoms with van der Waals surface area (Å²) in [6.45, 7) is 4.62. The zero-order valence-electron chi connectivity index (χ0n) is 16.1. The van der Waals surface area contributed by atoms with Crippen molar-refractivity contribution in [1.29, 1.82) is 0 Å². The van der Waals surface area contributed by atoms with Gasteiger partial charge in [0.1, 0.15) is 0 Å². The molecule has 1 fully saturated rings. The number of aryl methyl sites for hydroxylation is 1. The zero-order chi connectivity index (χ0) is 19.4. The molecule has 144 valence electrons. The maximum Gasteiger partial charge on any atom is 0.227 e. The number of anilines is 1. The van der Waals surface area contributed by atoms with E-state index in [1.807, 2.05) is 67.6 Å². The summed E-state index contributed by atoms with van der Waals surface area (Å²) in [5.74, 6) is -0.170. The van der Waals surface area contributed by atoms with Crippen LogP contribution in [0.25, 0.3) is 0 Å². The lowest BCUT2D eigenvalue weighted by molar-refractivity contribution is -0.129. The molecule has 1 aliphatic rings. The zero-order valence-corrected chi connectivity index (χ0v) is 16.9. The van der Waals surface area contributed by atoms with Crippen LogP contribution in [0.3, 0.4) is 0 Å². The fourth-order valence-corrected chi connectivity index (χ4v) is 4.33. The van der Waals surface area contributed by atoms with Crippen LogP contribution in [0.15, 0.2) is 41.8 Å². The molecule has 5 nitrogen and oxygen atoms in total. The number of thiophene rings is 1. The number of nitrogens with one attached hydrogen (secondary N) is 2. The van der Waals surface area contributed by atoms with E-state index in [-0.39, 0.29) is 29.8 Å². The van der Waals surface area contributed by atoms with Gasteiger partial charge in [-0.2, -0.15) is 0 Å². The summed E-state index contributed by atoms with van der Waals surface area (Å²) in [5.41, 5.74) is 2.00. The second kappa shape index (κ2) is 8.67. The third-order valence-electron chi connectivity index (χ3n) is 5.16. The van der Waals surface area contributed by atoms with Crippen LogP contribution < -0.4 is 15.5 Å². The van der Waals surface area contributed by atoms with Crippen LogP contribution in [0.1, 0.15) is 36.2 Å². The van der Waals surface area contributed by atoms with Gasteiger partial charge in [0.2, 0.25) is 11.8 Å². The Morgan fingerprint density at radius 3 is 2.67 bits per heavy atom. The normalized spacial score (nSPS) is 21.1. The summed E-state index contributed by atoms with van der Waals surface area (Å²) in [6, 6.07) is 11.9. The number of benzene rings is 1. The number of nitrogens with zero attached hydrogens (tertiary/aromatic N) is 1. The number of hydrogen-bond donors (Lipinski definition) is 2. The molecular weight excluding hydrogens is 358 g/mol. The minimum atomic E-state index is -0.265. The van der Waals surface area contributed by atoms with Gasteiger partial charge in [-0.3, -0.25) is 9.59 Å². The maximum atomic E-state index is 13.0. The van der Waals surface area contributed by atoms with Crippen molar-refractivity contribution in [2.45, 2.75) is 38.8 Å². The molecule has 6 heteroatoms. The predicted octanol–water partition coefficient (Wildman–Crippen LogP) is 3.26. The van der Waals surface area contributed by atoms with Gasteiger partial charge in [-0.25, -0.2) is 0 Å². The van der Waals surface area contributed by atoms with Gasteiger partial charge in [0.05, 0.1) is 12.0 Å². The molecule has 2 aromatic rings. The van der Waals surface area contributed by atoms with E-state index >= 15 is 0 Å². The van der Waals surface area contributed by atoms with Gasteiger partial charge in [0.25, 0.3) is 0 Å². The number of carbonyl (C=O) groups is 2. The molecule has 1 aromatic heterocycles. The van der Waals surface area contributed by atoms with Crippen molar-refractivity contribution in [2.24, 2.45) is 5.92 Å². The molecular formula is C21H27N3O2S. The first-order valence-corrected chi connectivity index (χ1v) is 10.3. The van der Waals surface area contributed by atoms with Gasteiger partial charge in [0, 0.05) is 29.6 Å². The lowest BCUT2D eigenvalue weighted by Gasteiger charge is -2.40. The third-order valence-corrected chi connectivity index (χ3v) is 6.10. The van der Waals surface area contributed by atoms with E-state index in [4.69, 9.17) is 0 Å². The highest BCUT2D eigenvalue weighted by Gasteiger charge is 2.41. The number of carbonyl (C=O) groups excluding carboxylic acids is 2. The maximum absolute atomic E-state index is 13.0. The Labute approximate surface area is 164 Å². The Morgan fingerprint density at radius 1 is 1.30 bits per heavy atom. The highest BCUT2D eigenvalue weighted by atomic mass is 32.1. The molecule has 3 rings (SSSR count). The number of piperidine rings is 1. The minimum Gasteiger partial charge on any atom is -0.354 e. The van der Waals surface area contributed by atoms with Gasteiger partial charge >= 0.3 is 0 Å². The molecule has 1 aliphatic heterocycles. The SMILES string of the molecule is CNC(C)CNC(=O)C1CCC(=O)N(c2ccc(C)cc2)C1c1cccs1. The lowest BCUT2D eigenvalue weighted by Crippen LogP contribution is -2.49. The molecule has 27 heavy (non-hydrogen) atoms. The Kier molecular flexibility index (Phi) is 6.29. The van der Waals surface area contributed by atoms with Crippen molar-refractivity contribution in [1.82, 2.24) is 10.6 Å². The highest BCUT2D eigenvalue weighted by Crippen LogP contribution is 2.41. The van der Waals surface area contributed by atoms with E-state index in [9.17, 15) is 9.59 Å². The van der Waals surface area contributed by atoms with Gasteiger partial charge in [-0.15, -0.1) is 11.3 Å². The van der Waals surface area contributed by atoms with E-state index in [0.29, 0.717) is 19.4 Å². The Morgan fingerprint density at radius 2 is 2.04 bits per heavy atom. The lowest BCUT2D eigenvalue weighted by atomic mass is 9.86. The molecule has 2 N–H and O–H groups in total. The summed E-state index contributed by atoms with van der Waals surface area (Å²) in [4.78, 5) is 28.7. The van der Waals surface area contributed by atoms with Crippen molar-refractivity contribution in [3.63, 3.8) is 0 Å².